The van der Waals surface area contributed by atoms with E-state index in [4.69, 9.17) is 0 Å². The lowest BCUT2D eigenvalue weighted by Gasteiger charge is -2.02. The van der Waals surface area contributed by atoms with Crippen LogP contribution in [0.5, 0.6) is 0 Å². The molecule has 1 heterocycles. The molecule has 0 fully saturated rings. The first-order valence-corrected chi connectivity index (χ1v) is 8.08. The van der Waals surface area contributed by atoms with E-state index in [1.54, 1.807) is 23.5 Å². The summed E-state index contributed by atoms with van der Waals surface area (Å²) >= 11 is 12.0. The predicted molar refractivity (Wildman–Crippen MR) is 90.1 cm³/mol. The minimum Gasteiger partial charge on any atom is -0.135 e. The van der Waals surface area contributed by atoms with Crippen LogP contribution in [0.15, 0.2) is 32.7 Å². The van der Waals surface area contributed by atoms with Crippen LogP contribution in [0.4, 0.5) is 0 Å². The fourth-order valence-corrected chi connectivity index (χ4v) is 3.23. The fraction of sp³-hybridized carbons (Fsp3) is 0.143. The van der Waals surface area contributed by atoms with E-state index in [2.05, 4.69) is 48.9 Å². The van der Waals surface area contributed by atoms with Gasteiger partial charge in [-0.15, -0.1) is 48.8 Å². The topological polar surface area (TPSA) is 0 Å². The fourth-order valence-electron chi connectivity index (χ4n) is 1.30. The first-order valence-electron chi connectivity index (χ1n) is 5.22. The smallest absolute Gasteiger partial charge is 0.0604 e. The van der Waals surface area contributed by atoms with Gasteiger partial charge in [0.1, 0.15) is 0 Å². The number of rotatable bonds is 0. The molecule has 0 atom stereocenters. The van der Waals surface area contributed by atoms with Gasteiger partial charge >= 0.3 is 0 Å². The predicted octanol–water partition coefficient (Wildman–Crippen LogP) is 3.86. The molecule has 18 heavy (non-hydrogen) atoms. The van der Waals surface area contributed by atoms with Crippen LogP contribution < -0.4 is 0 Å². The number of thiol groups is 2. The second kappa shape index (κ2) is 7.16. The molecule has 1 aromatic carbocycles. The lowest BCUT2D eigenvalue weighted by molar-refractivity contribution is 1.58. The largest absolute Gasteiger partial charge is 0.135 e. The van der Waals surface area contributed by atoms with Crippen molar-refractivity contribution in [3.8, 4) is 23.7 Å². The molecule has 0 spiro atoms. The van der Waals surface area contributed by atoms with Crippen molar-refractivity contribution < 1.29 is 0 Å². The molecule has 1 aliphatic heterocycles. The second-order valence-electron chi connectivity index (χ2n) is 3.34. The molecule has 2 rings (SSSR count). The zero-order chi connectivity index (χ0) is 12.8. The molecule has 0 aromatic heterocycles. The van der Waals surface area contributed by atoms with Gasteiger partial charge in [0.05, 0.1) is 20.0 Å². The highest BCUT2D eigenvalue weighted by Gasteiger charge is 2.01. The van der Waals surface area contributed by atoms with E-state index in [1.165, 1.54) is 0 Å². The highest BCUT2D eigenvalue weighted by Crippen LogP contribution is 2.32. The average molecular weight is 307 g/mol. The maximum atomic E-state index is 4.40. The van der Waals surface area contributed by atoms with Gasteiger partial charge in [-0.05, 0) is 12.1 Å². The molecule has 1 aliphatic rings. The molecular weight excluding hydrogens is 296 g/mol. The van der Waals surface area contributed by atoms with Gasteiger partial charge < -0.3 is 0 Å². The molecule has 0 saturated carbocycles. The Morgan fingerprint density at radius 1 is 0.833 bits per heavy atom. The van der Waals surface area contributed by atoms with Crippen molar-refractivity contribution in [2.75, 3.05) is 11.5 Å². The van der Waals surface area contributed by atoms with E-state index in [-0.39, 0.29) is 0 Å². The van der Waals surface area contributed by atoms with E-state index in [0.717, 1.165) is 19.6 Å². The van der Waals surface area contributed by atoms with Crippen molar-refractivity contribution >= 4 is 48.8 Å². The quantitative estimate of drug-likeness (QED) is 0.552. The molecule has 1 aromatic rings. The van der Waals surface area contributed by atoms with Crippen molar-refractivity contribution in [1.82, 2.24) is 0 Å². The maximum absolute atomic E-state index is 4.40. The van der Waals surface area contributed by atoms with Gasteiger partial charge in [-0.3, -0.25) is 0 Å². The summed E-state index contributed by atoms with van der Waals surface area (Å²) in [4.78, 5) is 0. The van der Waals surface area contributed by atoms with Gasteiger partial charge in [-0.25, -0.2) is 0 Å². The molecule has 0 saturated heterocycles. The number of hydrogen-bond donors (Lipinski definition) is 2. The highest BCUT2D eigenvalue weighted by molar-refractivity contribution is 8.21. The monoisotopic (exact) mass is 306 g/mol. The van der Waals surface area contributed by atoms with Crippen molar-refractivity contribution in [2.24, 2.45) is 0 Å². The van der Waals surface area contributed by atoms with Gasteiger partial charge in [0.2, 0.25) is 0 Å². The van der Waals surface area contributed by atoms with E-state index in [9.17, 15) is 0 Å². The summed E-state index contributed by atoms with van der Waals surface area (Å²) in [5.41, 5.74) is 1.99. The molecule has 4 heteroatoms. The lowest BCUT2D eigenvalue weighted by atomic mass is 10.1. The van der Waals surface area contributed by atoms with E-state index < -0.39 is 0 Å². The normalized spacial score (nSPS) is 19.2. The van der Waals surface area contributed by atoms with Gasteiger partial charge in [-0.1, -0.05) is 35.8 Å². The van der Waals surface area contributed by atoms with Crippen LogP contribution in [-0.4, -0.2) is 11.5 Å². The number of hydrogen-bond acceptors (Lipinski definition) is 4. The molecule has 0 amide bonds. The highest BCUT2D eigenvalue weighted by atomic mass is 32.2. The minimum absolute atomic E-state index is 0.714. The third-order valence-electron chi connectivity index (χ3n) is 2.12. The van der Waals surface area contributed by atoms with Crippen LogP contribution in [0.1, 0.15) is 11.1 Å². The maximum Gasteiger partial charge on any atom is 0.0604 e. The summed E-state index contributed by atoms with van der Waals surface area (Å²) in [6.07, 6.45) is 0. The van der Waals surface area contributed by atoms with Gasteiger partial charge in [0.25, 0.3) is 0 Å². The third kappa shape index (κ3) is 4.00. The number of thioether (sulfide) groups is 2. The summed E-state index contributed by atoms with van der Waals surface area (Å²) in [5.74, 6) is 14.0. The molecular formula is C14H10S4. The Balaban J connectivity index is 2.32. The van der Waals surface area contributed by atoms with Crippen LogP contribution in [0.2, 0.25) is 0 Å². The van der Waals surface area contributed by atoms with E-state index in [0.29, 0.717) is 11.5 Å². The number of fused-ring (bicyclic) bond motifs is 1. The Bertz CT molecular complexity index is 540. The molecule has 0 bridgehead atoms. The Hall–Kier alpha value is -0.520. The summed E-state index contributed by atoms with van der Waals surface area (Å²) in [5, 5.41) is 0. The molecule has 0 radical (unpaired) electrons. The van der Waals surface area contributed by atoms with Gasteiger partial charge in [0, 0.05) is 11.1 Å². The average Bonchev–Trinajstić information content (AvgIpc) is 2.39. The van der Waals surface area contributed by atoms with E-state index >= 15 is 0 Å². The zero-order valence-electron chi connectivity index (χ0n) is 9.43. The zero-order valence-corrected chi connectivity index (χ0v) is 12.9. The van der Waals surface area contributed by atoms with Crippen LogP contribution in [0.3, 0.4) is 0 Å². The van der Waals surface area contributed by atoms with Gasteiger partial charge in [-0.2, -0.15) is 0 Å². The summed E-state index contributed by atoms with van der Waals surface area (Å²) in [6, 6.07) is 7.97. The third-order valence-corrected chi connectivity index (χ3v) is 5.48. The Labute approximate surface area is 127 Å². The minimum atomic E-state index is 0.714. The van der Waals surface area contributed by atoms with Crippen molar-refractivity contribution in [1.29, 1.82) is 0 Å². The first-order chi connectivity index (χ1) is 8.77. The van der Waals surface area contributed by atoms with Crippen LogP contribution in [0.25, 0.3) is 0 Å². The Morgan fingerprint density at radius 3 is 1.72 bits per heavy atom. The van der Waals surface area contributed by atoms with Crippen molar-refractivity contribution in [3.05, 3.63) is 43.9 Å². The van der Waals surface area contributed by atoms with Gasteiger partial charge in [0.15, 0.2) is 0 Å². The molecule has 0 N–H and O–H groups in total. The van der Waals surface area contributed by atoms with Crippen molar-refractivity contribution in [3.63, 3.8) is 0 Å². The van der Waals surface area contributed by atoms with Crippen molar-refractivity contribution in [2.45, 2.75) is 0 Å². The lowest BCUT2D eigenvalue weighted by Crippen LogP contribution is -1.85. The van der Waals surface area contributed by atoms with Crippen LogP contribution >= 0.6 is 48.8 Å². The summed E-state index contributed by atoms with van der Waals surface area (Å²) in [6.45, 7) is 0. The van der Waals surface area contributed by atoms with E-state index in [1.807, 2.05) is 24.3 Å². The standard InChI is InChI=1S/C14H10S4/c15-13-14(16)18-10-4-8-12-6-2-1-5-11(12)7-3-9-17-13/h1-2,5-6,15-16H,9-10H2/b14-13-. The summed E-state index contributed by atoms with van der Waals surface area (Å²) in [7, 11) is 0. The number of benzene rings is 1. The molecule has 0 unspecified atom stereocenters. The Morgan fingerprint density at radius 2 is 1.28 bits per heavy atom. The van der Waals surface area contributed by atoms with Crippen LogP contribution in [0, 0.1) is 23.7 Å². The first kappa shape index (κ1) is 13.9. The van der Waals surface area contributed by atoms with Crippen LogP contribution in [-0.2, 0) is 0 Å². The molecule has 0 aliphatic carbocycles. The molecule has 90 valence electrons. The SMILES string of the molecule is S/C1=C(\S)SCC#Cc2ccccc2C#CCS1. The molecule has 0 nitrogen and oxygen atoms in total. The Kier molecular flexibility index (Phi) is 5.53. The second-order valence-corrected chi connectivity index (χ2v) is 6.81. The summed E-state index contributed by atoms with van der Waals surface area (Å²) < 4.78 is 1.82.